The number of H-pyrrole nitrogens is 1. The van der Waals surface area contributed by atoms with Crippen LogP contribution in [0.1, 0.15) is 59.3 Å². The molecular formula is C24H27N3O4. The number of pyridine rings is 1. The summed E-state index contributed by atoms with van der Waals surface area (Å²) in [5, 5.41) is 21.3. The van der Waals surface area contributed by atoms with Gasteiger partial charge in [-0.1, -0.05) is 13.0 Å². The Balaban J connectivity index is 1.71. The average Bonchev–Trinajstić information content (AvgIpc) is 3.30. The van der Waals surface area contributed by atoms with Crippen LogP contribution < -0.4 is 5.56 Å². The second kappa shape index (κ2) is 7.27. The van der Waals surface area contributed by atoms with Crippen LogP contribution in [0.25, 0.3) is 22.2 Å². The molecule has 3 N–H and O–H groups in total. The standard InChI is InChI=1S/C24H27N3O4/c1-13-5-6-15-16(21-19(13)22(28)20(24(30)31)23(29)25-21)7-8-18-17(15)11-14(26(18)2)12-27-9-3-4-10-27/h7-8,11,13H,3-6,9-10,12H2,1-2H3,(H,30,31)(H2,25,28,29)/t13-/m1/s1. The molecule has 7 heteroatoms. The molecule has 0 radical (unpaired) electrons. The Labute approximate surface area is 179 Å². The number of nitrogens with zero attached hydrogens (tertiary/aromatic N) is 2. The van der Waals surface area contributed by atoms with Gasteiger partial charge in [0.1, 0.15) is 5.75 Å². The fourth-order valence-corrected chi connectivity index (χ4v) is 5.35. The first kappa shape index (κ1) is 19.9. The predicted octanol–water partition coefficient (Wildman–Crippen LogP) is 3.58. The Bertz CT molecular complexity index is 1260. The molecule has 7 nitrogen and oxygen atoms in total. The van der Waals surface area contributed by atoms with Gasteiger partial charge >= 0.3 is 5.97 Å². The number of carbonyl (C=O) groups is 1. The number of aromatic nitrogens is 2. The van der Waals surface area contributed by atoms with E-state index in [1.807, 2.05) is 13.0 Å². The van der Waals surface area contributed by atoms with Gasteiger partial charge in [0.2, 0.25) is 0 Å². The molecule has 162 valence electrons. The fraction of sp³-hybridized carbons (Fsp3) is 0.417. The number of rotatable bonds is 3. The van der Waals surface area contributed by atoms with E-state index in [1.54, 1.807) is 0 Å². The molecule has 0 spiro atoms. The molecule has 0 saturated carbocycles. The van der Waals surface area contributed by atoms with Crippen LogP contribution in [0.3, 0.4) is 0 Å². The first-order valence-electron chi connectivity index (χ1n) is 10.9. The SMILES string of the molecule is C[C@@H]1CCc2c(ccc3c2cc(CN2CCCC2)n3C)-c2[nH]c(=O)c(C(=O)O)c(O)c21. The molecule has 5 rings (SSSR count). The van der Waals surface area contributed by atoms with Crippen LogP contribution in [0.2, 0.25) is 0 Å². The van der Waals surface area contributed by atoms with Gasteiger partial charge in [-0.05, 0) is 62.4 Å². The number of nitrogens with one attached hydrogen (secondary N) is 1. The van der Waals surface area contributed by atoms with Gasteiger partial charge in [0.05, 0.1) is 5.69 Å². The third-order valence-electron chi connectivity index (χ3n) is 7.05. The van der Waals surface area contributed by atoms with E-state index in [0.717, 1.165) is 54.5 Å². The third-order valence-corrected chi connectivity index (χ3v) is 7.05. The van der Waals surface area contributed by atoms with Crippen LogP contribution >= 0.6 is 0 Å². The summed E-state index contributed by atoms with van der Waals surface area (Å²) >= 11 is 0. The highest BCUT2D eigenvalue weighted by Crippen LogP contribution is 2.43. The molecular weight excluding hydrogens is 394 g/mol. The Hall–Kier alpha value is -3.06. The van der Waals surface area contributed by atoms with Crippen molar-refractivity contribution in [3.05, 3.63) is 50.9 Å². The van der Waals surface area contributed by atoms with Crippen molar-refractivity contribution in [1.82, 2.24) is 14.5 Å². The molecule has 1 aliphatic carbocycles. The lowest BCUT2D eigenvalue weighted by Crippen LogP contribution is -2.20. The van der Waals surface area contributed by atoms with Crippen molar-refractivity contribution in [3.8, 4) is 17.0 Å². The van der Waals surface area contributed by atoms with E-state index in [4.69, 9.17) is 0 Å². The van der Waals surface area contributed by atoms with Gasteiger partial charge in [0.25, 0.3) is 5.56 Å². The normalized spacial score (nSPS) is 18.7. The van der Waals surface area contributed by atoms with Gasteiger partial charge in [-0.15, -0.1) is 0 Å². The highest BCUT2D eigenvalue weighted by Gasteiger charge is 2.30. The van der Waals surface area contributed by atoms with Crippen LogP contribution in [0, 0.1) is 0 Å². The number of fused-ring (bicyclic) bond motifs is 5. The Kier molecular flexibility index (Phi) is 4.66. The van der Waals surface area contributed by atoms with Crippen molar-refractivity contribution in [2.75, 3.05) is 13.1 Å². The molecule has 31 heavy (non-hydrogen) atoms. The van der Waals surface area contributed by atoms with Crippen molar-refractivity contribution in [2.24, 2.45) is 7.05 Å². The monoisotopic (exact) mass is 421 g/mol. The number of carboxylic acids is 1. The zero-order valence-corrected chi connectivity index (χ0v) is 17.9. The lowest BCUT2D eigenvalue weighted by atomic mass is 9.93. The molecule has 0 amide bonds. The van der Waals surface area contributed by atoms with Crippen molar-refractivity contribution in [3.63, 3.8) is 0 Å². The summed E-state index contributed by atoms with van der Waals surface area (Å²) in [4.78, 5) is 29.3. The molecule has 2 aliphatic rings. The van der Waals surface area contributed by atoms with E-state index in [-0.39, 0.29) is 5.92 Å². The summed E-state index contributed by atoms with van der Waals surface area (Å²) in [6, 6.07) is 6.30. The number of aromatic carboxylic acids is 1. The molecule has 1 aromatic carbocycles. The maximum absolute atomic E-state index is 12.5. The summed E-state index contributed by atoms with van der Waals surface area (Å²) < 4.78 is 2.25. The van der Waals surface area contributed by atoms with Crippen molar-refractivity contribution in [1.29, 1.82) is 0 Å². The minimum Gasteiger partial charge on any atom is -0.506 e. The maximum Gasteiger partial charge on any atom is 0.345 e. The number of aromatic hydroxyl groups is 1. The van der Waals surface area contributed by atoms with Crippen LogP contribution in [0.5, 0.6) is 5.75 Å². The smallest absolute Gasteiger partial charge is 0.345 e. The Morgan fingerprint density at radius 3 is 2.71 bits per heavy atom. The topological polar surface area (TPSA) is 98.6 Å². The minimum absolute atomic E-state index is 0.0832. The number of benzene rings is 1. The summed E-state index contributed by atoms with van der Waals surface area (Å²) in [5.74, 6) is -1.90. The summed E-state index contributed by atoms with van der Waals surface area (Å²) in [5.41, 5.74) is 4.13. The van der Waals surface area contributed by atoms with Crippen molar-refractivity contribution >= 4 is 16.9 Å². The van der Waals surface area contributed by atoms with E-state index in [0.29, 0.717) is 11.3 Å². The highest BCUT2D eigenvalue weighted by atomic mass is 16.4. The number of likely N-dealkylation sites (tertiary alicyclic amines) is 1. The lowest BCUT2D eigenvalue weighted by Gasteiger charge is -2.16. The molecule has 1 aliphatic heterocycles. The number of aromatic amines is 1. The van der Waals surface area contributed by atoms with E-state index in [9.17, 15) is 19.8 Å². The highest BCUT2D eigenvalue weighted by molar-refractivity contribution is 5.95. The quantitative estimate of drug-likeness (QED) is 0.600. The molecule has 0 unspecified atom stereocenters. The van der Waals surface area contributed by atoms with Gasteiger partial charge in [0.15, 0.2) is 5.56 Å². The molecule has 0 bridgehead atoms. The fourth-order valence-electron chi connectivity index (χ4n) is 5.35. The summed E-state index contributed by atoms with van der Waals surface area (Å²) in [6.45, 7) is 5.16. The van der Waals surface area contributed by atoms with Gasteiger partial charge < -0.3 is 19.8 Å². The third kappa shape index (κ3) is 3.07. The van der Waals surface area contributed by atoms with E-state index in [2.05, 4.69) is 33.6 Å². The average molecular weight is 421 g/mol. The van der Waals surface area contributed by atoms with Gasteiger partial charge in [-0.2, -0.15) is 0 Å². The zero-order valence-electron chi connectivity index (χ0n) is 17.9. The molecule has 1 saturated heterocycles. The number of aryl methyl sites for hydroxylation is 2. The molecule has 3 heterocycles. The minimum atomic E-state index is -1.41. The predicted molar refractivity (Wildman–Crippen MR) is 119 cm³/mol. The number of hydrogen-bond acceptors (Lipinski definition) is 4. The Morgan fingerprint density at radius 2 is 2.00 bits per heavy atom. The van der Waals surface area contributed by atoms with E-state index >= 15 is 0 Å². The van der Waals surface area contributed by atoms with Crippen LogP contribution in [0.15, 0.2) is 23.0 Å². The molecule has 2 aromatic heterocycles. The number of hydrogen-bond donors (Lipinski definition) is 3. The Morgan fingerprint density at radius 1 is 1.26 bits per heavy atom. The molecule has 1 fully saturated rings. The summed E-state index contributed by atoms with van der Waals surface area (Å²) in [7, 11) is 2.10. The number of carboxylic acid groups (broad SMARTS) is 1. The largest absolute Gasteiger partial charge is 0.506 e. The maximum atomic E-state index is 12.5. The van der Waals surface area contributed by atoms with E-state index < -0.39 is 22.8 Å². The second-order valence-electron chi connectivity index (χ2n) is 8.91. The van der Waals surface area contributed by atoms with Crippen LogP contribution in [-0.4, -0.2) is 43.7 Å². The van der Waals surface area contributed by atoms with Gasteiger partial charge in [0, 0.05) is 41.3 Å². The summed E-state index contributed by atoms with van der Waals surface area (Å²) in [6.07, 6.45) is 4.06. The lowest BCUT2D eigenvalue weighted by molar-refractivity contribution is 0.0691. The second-order valence-corrected chi connectivity index (χ2v) is 8.91. The first-order chi connectivity index (χ1) is 14.9. The van der Waals surface area contributed by atoms with Crippen molar-refractivity contribution in [2.45, 2.75) is 45.1 Å². The van der Waals surface area contributed by atoms with Gasteiger partial charge in [-0.25, -0.2) is 4.79 Å². The molecule has 3 aromatic rings. The first-order valence-corrected chi connectivity index (χ1v) is 10.9. The van der Waals surface area contributed by atoms with Crippen LogP contribution in [-0.2, 0) is 20.0 Å². The molecule has 1 atom stereocenters. The van der Waals surface area contributed by atoms with Gasteiger partial charge in [-0.3, -0.25) is 9.69 Å². The van der Waals surface area contributed by atoms with E-state index in [1.165, 1.54) is 18.5 Å². The van der Waals surface area contributed by atoms with Crippen molar-refractivity contribution < 1.29 is 15.0 Å². The zero-order chi connectivity index (χ0) is 21.9. The van der Waals surface area contributed by atoms with Crippen LogP contribution in [0.4, 0.5) is 0 Å².